The minimum Gasteiger partial charge on any atom is -0.394 e. The Morgan fingerprint density at radius 1 is 1.43 bits per heavy atom. The number of carbonyl (C=O) groups is 1. The molecule has 5 heteroatoms. The first-order valence-electron chi connectivity index (χ1n) is 7.64. The van der Waals surface area contributed by atoms with E-state index in [1.54, 1.807) is 0 Å². The van der Waals surface area contributed by atoms with Crippen molar-refractivity contribution >= 4 is 5.78 Å². The molecule has 5 nitrogen and oxygen atoms in total. The van der Waals surface area contributed by atoms with Gasteiger partial charge < -0.3 is 14.4 Å². The van der Waals surface area contributed by atoms with Gasteiger partial charge in [-0.25, -0.2) is 0 Å². The fraction of sp³-hybridized carbons (Fsp3) is 0.688. The van der Waals surface area contributed by atoms with Crippen LogP contribution in [0.3, 0.4) is 0 Å². The zero-order valence-corrected chi connectivity index (χ0v) is 13.4. The van der Waals surface area contributed by atoms with E-state index in [2.05, 4.69) is 16.4 Å². The van der Waals surface area contributed by atoms with Gasteiger partial charge in [-0.05, 0) is 33.8 Å². The number of aliphatic hydroxyl groups is 1. The predicted octanol–water partition coefficient (Wildman–Crippen LogP) is 1.39. The maximum absolute atomic E-state index is 12.6. The molecule has 1 aromatic rings. The Labute approximate surface area is 126 Å². The van der Waals surface area contributed by atoms with Crippen LogP contribution in [0.15, 0.2) is 6.07 Å². The second-order valence-electron chi connectivity index (χ2n) is 5.90. The summed E-state index contributed by atoms with van der Waals surface area (Å²) in [5, 5.41) is 9.25. The zero-order valence-electron chi connectivity index (χ0n) is 13.4. The highest BCUT2D eigenvalue weighted by Gasteiger charge is 2.27. The van der Waals surface area contributed by atoms with E-state index in [9.17, 15) is 9.90 Å². The number of nitrogens with zero attached hydrogens (tertiary/aromatic N) is 2. The normalized spacial score (nSPS) is 23.5. The number of hydrogen-bond acceptors (Lipinski definition) is 4. The summed E-state index contributed by atoms with van der Waals surface area (Å²) in [7, 11) is 0. The zero-order chi connectivity index (χ0) is 15.6. The Morgan fingerprint density at radius 3 is 2.71 bits per heavy atom. The maximum atomic E-state index is 12.6. The van der Waals surface area contributed by atoms with Crippen LogP contribution in [-0.4, -0.2) is 58.8 Å². The Kier molecular flexibility index (Phi) is 5.19. The largest absolute Gasteiger partial charge is 0.394 e. The van der Waals surface area contributed by atoms with Crippen molar-refractivity contribution in [1.82, 2.24) is 9.47 Å². The molecule has 0 spiro atoms. The number of aliphatic hydroxyl groups excluding tert-OH is 1. The number of morpholine rings is 1. The van der Waals surface area contributed by atoms with E-state index in [0.717, 1.165) is 30.0 Å². The summed E-state index contributed by atoms with van der Waals surface area (Å²) in [6.07, 6.45) is -0.142. The average molecular weight is 294 g/mol. The summed E-state index contributed by atoms with van der Waals surface area (Å²) in [6, 6.07) is 1.98. The van der Waals surface area contributed by atoms with Gasteiger partial charge in [0.25, 0.3) is 0 Å². The molecule has 1 aromatic heterocycles. The fourth-order valence-electron chi connectivity index (χ4n) is 3.23. The van der Waals surface area contributed by atoms with Gasteiger partial charge in [-0.1, -0.05) is 0 Å². The van der Waals surface area contributed by atoms with Crippen LogP contribution in [0.2, 0.25) is 0 Å². The lowest BCUT2D eigenvalue weighted by atomic mass is 10.1. The van der Waals surface area contributed by atoms with Crippen molar-refractivity contribution in [2.24, 2.45) is 0 Å². The SMILES string of the molecule is CCn1c(C)cc(C(=O)CN2CC(C)OC(CO)C2)c1C. The minimum absolute atomic E-state index is 0.000617. The van der Waals surface area contributed by atoms with Crippen molar-refractivity contribution < 1.29 is 14.6 Å². The summed E-state index contributed by atoms with van der Waals surface area (Å²) in [4.78, 5) is 14.6. The van der Waals surface area contributed by atoms with Crippen LogP contribution in [0, 0.1) is 13.8 Å². The van der Waals surface area contributed by atoms with Crippen molar-refractivity contribution in [3.63, 3.8) is 0 Å². The molecule has 1 N–H and O–H groups in total. The third-order valence-electron chi connectivity index (χ3n) is 4.16. The van der Waals surface area contributed by atoms with Crippen molar-refractivity contribution in [3.8, 4) is 0 Å². The highest BCUT2D eigenvalue weighted by atomic mass is 16.5. The molecule has 0 saturated carbocycles. The van der Waals surface area contributed by atoms with E-state index in [4.69, 9.17) is 4.74 Å². The molecule has 0 radical (unpaired) electrons. The first-order chi connectivity index (χ1) is 9.96. The van der Waals surface area contributed by atoms with Gasteiger partial charge in [0.05, 0.1) is 25.4 Å². The summed E-state index contributed by atoms with van der Waals surface area (Å²) in [5.41, 5.74) is 2.98. The first kappa shape index (κ1) is 16.2. The van der Waals surface area contributed by atoms with Gasteiger partial charge >= 0.3 is 0 Å². The van der Waals surface area contributed by atoms with E-state index in [-0.39, 0.29) is 24.6 Å². The van der Waals surface area contributed by atoms with Crippen LogP contribution < -0.4 is 0 Å². The Morgan fingerprint density at radius 2 is 2.14 bits per heavy atom. The quantitative estimate of drug-likeness (QED) is 0.834. The van der Waals surface area contributed by atoms with Gasteiger partial charge in [-0.2, -0.15) is 0 Å². The van der Waals surface area contributed by atoms with Gasteiger partial charge in [0.2, 0.25) is 0 Å². The lowest BCUT2D eigenvalue weighted by Gasteiger charge is -2.35. The fourth-order valence-corrected chi connectivity index (χ4v) is 3.23. The van der Waals surface area contributed by atoms with Gasteiger partial charge in [0, 0.05) is 36.6 Å². The molecule has 2 unspecified atom stereocenters. The average Bonchev–Trinajstić information content (AvgIpc) is 2.72. The number of ether oxygens (including phenoxy) is 1. The molecule has 1 fully saturated rings. The molecular weight excluding hydrogens is 268 g/mol. The molecule has 0 amide bonds. The Hall–Kier alpha value is -1.17. The number of aryl methyl sites for hydroxylation is 1. The van der Waals surface area contributed by atoms with Gasteiger partial charge in [-0.3, -0.25) is 9.69 Å². The number of hydrogen-bond donors (Lipinski definition) is 1. The van der Waals surface area contributed by atoms with Gasteiger partial charge in [-0.15, -0.1) is 0 Å². The number of ketones is 1. The van der Waals surface area contributed by atoms with E-state index in [1.165, 1.54) is 0 Å². The monoisotopic (exact) mass is 294 g/mol. The highest BCUT2D eigenvalue weighted by Crippen LogP contribution is 2.17. The summed E-state index contributed by atoms with van der Waals surface area (Å²) in [5.74, 6) is 0.147. The third kappa shape index (κ3) is 3.54. The highest BCUT2D eigenvalue weighted by molar-refractivity contribution is 5.99. The van der Waals surface area contributed by atoms with Crippen molar-refractivity contribution in [1.29, 1.82) is 0 Å². The Balaban J connectivity index is 2.07. The van der Waals surface area contributed by atoms with Crippen LogP contribution >= 0.6 is 0 Å². The van der Waals surface area contributed by atoms with Crippen molar-refractivity contribution in [2.45, 2.75) is 46.4 Å². The van der Waals surface area contributed by atoms with Crippen molar-refractivity contribution in [2.75, 3.05) is 26.2 Å². The predicted molar refractivity (Wildman–Crippen MR) is 81.8 cm³/mol. The smallest absolute Gasteiger partial charge is 0.178 e. The summed E-state index contributed by atoms with van der Waals surface area (Å²) >= 11 is 0. The molecule has 21 heavy (non-hydrogen) atoms. The van der Waals surface area contributed by atoms with Gasteiger partial charge in [0.15, 0.2) is 5.78 Å². The molecule has 1 aliphatic rings. The maximum Gasteiger partial charge on any atom is 0.178 e. The molecular formula is C16H26N2O3. The molecule has 0 aliphatic carbocycles. The Bertz CT molecular complexity index is 510. The first-order valence-corrected chi connectivity index (χ1v) is 7.64. The van der Waals surface area contributed by atoms with E-state index < -0.39 is 0 Å². The molecule has 1 saturated heterocycles. The molecule has 2 heterocycles. The van der Waals surface area contributed by atoms with Crippen LogP contribution in [0.5, 0.6) is 0 Å². The topological polar surface area (TPSA) is 54.7 Å². The lowest BCUT2D eigenvalue weighted by Crippen LogP contribution is -2.49. The molecule has 118 valence electrons. The van der Waals surface area contributed by atoms with Crippen LogP contribution in [0.1, 0.15) is 35.6 Å². The summed E-state index contributed by atoms with van der Waals surface area (Å²) < 4.78 is 7.77. The van der Waals surface area contributed by atoms with E-state index in [0.29, 0.717) is 13.1 Å². The molecule has 2 rings (SSSR count). The van der Waals surface area contributed by atoms with Crippen LogP contribution in [0.25, 0.3) is 0 Å². The number of rotatable bonds is 5. The summed E-state index contributed by atoms with van der Waals surface area (Å²) in [6.45, 7) is 10.7. The van der Waals surface area contributed by atoms with Crippen LogP contribution in [-0.2, 0) is 11.3 Å². The van der Waals surface area contributed by atoms with Gasteiger partial charge in [0.1, 0.15) is 0 Å². The standard InChI is InChI=1S/C16H26N2O3/c1-5-18-11(2)6-15(13(18)4)16(20)9-17-7-12(3)21-14(8-17)10-19/h6,12,14,19H,5,7-10H2,1-4H3. The van der Waals surface area contributed by atoms with E-state index >= 15 is 0 Å². The third-order valence-corrected chi connectivity index (χ3v) is 4.16. The minimum atomic E-state index is -0.190. The van der Waals surface area contributed by atoms with E-state index in [1.807, 2.05) is 26.8 Å². The number of carbonyl (C=O) groups excluding carboxylic acids is 1. The molecule has 0 aromatic carbocycles. The van der Waals surface area contributed by atoms with Crippen molar-refractivity contribution in [3.05, 3.63) is 23.0 Å². The molecule has 0 bridgehead atoms. The number of aromatic nitrogens is 1. The second kappa shape index (κ2) is 6.73. The number of Topliss-reactive ketones (excluding diaryl/α,β-unsaturated/α-hetero) is 1. The lowest BCUT2D eigenvalue weighted by molar-refractivity contribution is -0.0926. The molecule has 2 atom stereocenters. The molecule has 1 aliphatic heterocycles. The second-order valence-corrected chi connectivity index (χ2v) is 5.90. The van der Waals surface area contributed by atoms with Crippen LogP contribution in [0.4, 0.5) is 0 Å².